The number of fused-ring (bicyclic) bond motifs is 1. The van der Waals surface area contributed by atoms with Crippen LogP contribution < -0.4 is 15.8 Å². The molecule has 8 nitrogen and oxygen atoms in total. The smallest absolute Gasteiger partial charge is 0.294 e. The van der Waals surface area contributed by atoms with Gasteiger partial charge in [-0.3, -0.25) is 4.55 Å². The maximum atomic E-state index is 12.4. The molecule has 0 aliphatic heterocycles. The Labute approximate surface area is 190 Å². The second-order valence-corrected chi connectivity index (χ2v) is 9.15. The van der Waals surface area contributed by atoms with Crippen LogP contribution in [0.4, 0.5) is 9.52 Å². The third-order valence-corrected chi connectivity index (χ3v) is 5.97. The summed E-state index contributed by atoms with van der Waals surface area (Å²) in [4.78, 5) is 4.37. The molecule has 0 radical (unpaired) electrons. The summed E-state index contributed by atoms with van der Waals surface area (Å²) in [6.07, 6.45) is 1.16. The van der Waals surface area contributed by atoms with Gasteiger partial charge in [0.2, 0.25) is 0 Å². The minimum atomic E-state index is -4.02. The predicted octanol–water partition coefficient (Wildman–Crippen LogP) is 3.52. The molecular formula is C21H26FN3O5S2. The molecule has 0 aliphatic rings. The number of hydrogen-bond donors (Lipinski definition) is 4. The summed E-state index contributed by atoms with van der Waals surface area (Å²) >= 11 is 1.51. The zero-order chi connectivity index (χ0) is 23.6. The lowest BCUT2D eigenvalue weighted by Gasteiger charge is -2.06. The number of hydrogen-bond acceptors (Lipinski definition) is 8. The van der Waals surface area contributed by atoms with Gasteiger partial charge >= 0.3 is 0 Å². The fraction of sp³-hybridized carbons (Fsp3) is 0.286. The molecule has 0 fully saturated rings. The molecule has 1 aromatic heterocycles. The van der Waals surface area contributed by atoms with Crippen molar-refractivity contribution in [3.63, 3.8) is 0 Å². The molecule has 32 heavy (non-hydrogen) atoms. The first-order valence-corrected chi connectivity index (χ1v) is 11.9. The highest BCUT2D eigenvalue weighted by atomic mass is 32.2. The molecule has 0 saturated carbocycles. The molecule has 5 N–H and O–H groups in total. The van der Waals surface area contributed by atoms with Crippen molar-refractivity contribution in [3.05, 3.63) is 59.9 Å². The first-order chi connectivity index (χ1) is 15.3. The molecule has 0 atom stereocenters. The van der Waals surface area contributed by atoms with Crippen molar-refractivity contribution in [2.75, 3.05) is 31.6 Å². The Balaban J connectivity index is 0.000000278. The largest absolute Gasteiger partial charge is 0.489 e. The van der Waals surface area contributed by atoms with Crippen LogP contribution in [0.25, 0.3) is 10.2 Å². The van der Waals surface area contributed by atoms with E-state index in [1.54, 1.807) is 18.2 Å². The molecular weight excluding hydrogens is 457 g/mol. The highest BCUT2D eigenvalue weighted by Crippen LogP contribution is 2.29. The van der Waals surface area contributed by atoms with Crippen LogP contribution in [0.15, 0.2) is 59.3 Å². The molecule has 0 saturated heterocycles. The Bertz CT molecular complexity index is 1130. The number of benzene rings is 2. The quantitative estimate of drug-likeness (QED) is 0.268. The third-order valence-electron chi connectivity index (χ3n) is 4.13. The van der Waals surface area contributed by atoms with Gasteiger partial charge in [0.1, 0.15) is 12.4 Å². The highest BCUT2D eigenvalue weighted by molar-refractivity contribution is 7.85. The molecule has 1 heterocycles. The number of halogens is 1. The van der Waals surface area contributed by atoms with Gasteiger partial charge in [-0.25, -0.2) is 9.37 Å². The van der Waals surface area contributed by atoms with E-state index < -0.39 is 10.1 Å². The third kappa shape index (κ3) is 8.17. The summed E-state index contributed by atoms with van der Waals surface area (Å²) in [7, 11) is -4.02. The number of nitrogens with two attached hydrogens (primary N) is 1. The van der Waals surface area contributed by atoms with E-state index in [0.717, 1.165) is 20.9 Å². The predicted molar refractivity (Wildman–Crippen MR) is 125 cm³/mol. The van der Waals surface area contributed by atoms with Crippen LogP contribution >= 0.6 is 11.3 Å². The SMILES string of the molecule is Cc1ccc(S(=O)(=O)O)cc1.NC/C(=C\F)COc1ccc2nc(NCCCO)sc2c1. The van der Waals surface area contributed by atoms with E-state index in [-0.39, 0.29) is 24.7 Å². The average molecular weight is 484 g/mol. The summed E-state index contributed by atoms with van der Waals surface area (Å²) in [5.74, 6) is 0.654. The normalized spacial score (nSPS) is 11.7. The number of rotatable bonds is 9. The van der Waals surface area contributed by atoms with Crippen molar-refractivity contribution in [2.45, 2.75) is 18.2 Å². The van der Waals surface area contributed by atoms with Gasteiger partial charge in [-0.05, 0) is 43.7 Å². The molecule has 11 heteroatoms. The summed E-state index contributed by atoms with van der Waals surface area (Å²) < 4.78 is 48.4. The molecule has 2 aromatic carbocycles. The van der Waals surface area contributed by atoms with E-state index in [1.165, 1.54) is 23.5 Å². The number of aliphatic hydroxyl groups excluding tert-OH is 1. The van der Waals surface area contributed by atoms with Crippen LogP contribution in [0.2, 0.25) is 0 Å². The lowest BCUT2D eigenvalue weighted by Crippen LogP contribution is -2.10. The Morgan fingerprint density at radius 1 is 1.28 bits per heavy atom. The first-order valence-electron chi connectivity index (χ1n) is 9.67. The van der Waals surface area contributed by atoms with E-state index in [0.29, 0.717) is 30.6 Å². The van der Waals surface area contributed by atoms with Gasteiger partial charge in [0.25, 0.3) is 10.1 Å². The number of thiazole rings is 1. The van der Waals surface area contributed by atoms with Crippen LogP contribution in [-0.2, 0) is 10.1 Å². The topological polar surface area (TPSA) is 135 Å². The standard InChI is InChI=1S/C14H18FN3O2S.C7H8O3S/c15-7-10(8-16)9-20-11-2-3-12-13(6-11)21-14(18-12)17-4-1-5-19;1-6-2-4-7(5-3-6)11(8,9)10/h2-3,6-7,19H,1,4-5,8-9,16H2,(H,17,18);2-5H,1H3,(H,8,9,10)/b10-7+;. The highest BCUT2D eigenvalue weighted by Gasteiger charge is 2.07. The maximum Gasteiger partial charge on any atom is 0.294 e. The molecule has 0 bridgehead atoms. The lowest BCUT2D eigenvalue weighted by molar-refractivity contribution is 0.292. The number of aryl methyl sites for hydroxylation is 1. The maximum absolute atomic E-state index is 12.4. The van der Waals surface area contributed by atoms with Crippen LogP contribution in [0.1, 0.15) is 12.0 Å². The van der Waals surface area contributed by atoms with E-state index in [2.05, 4.69) is 10.3 Å². The van der Waals surface area contributed by atoms with Crippen molar-refractivity contribution in [2.24, 2.45) is 5.73 Å². The van der Waals surface area contributed by atoms with Crippen LogP contribution in [0.3, 0.4) is 0 Å². The summed E-state index contributed by atoms with van der Waals surface area (Å²) in [6.45, 7) is 2.95. The Hall–Kier alpha value is -2.57. The number of nitrogens with one attached hydrogen (secondary N) is 1. The molecule has 0 spiro atoms. The van der Waals surface area contributed by atoms with Crippen molar-refractivity contribution in [3.8, 4) is 5.75 Å². The molecule has 174 valence electrons. The molecule has 0 unspecified atom stereocenters. The van der Waals surface area contributed by atoms with Gasteiger partial charge in [0.15, 0.2) is 5.13 Å². The van der Waals surface area contributed by atoms with Gasteiger partial charge in [-0.2, -0.15) is 8.42 Å². The van der Waals surface area contributed by atoms with Crippen molar-refractivity contribution in [1.82, 2.24) is 4.98 Å². The zero-order valence-electron chi connectivity index (χ0n) is 17.5. The minimum Gasteiger partial charge on any atom is -0.489 e. The second-order valence-electron chi connectivity index (χ2n) is 6.70. The fourth-order valence-electron chi connectivity index (χ4n) is 2.37. The van der Waals surface area contributed by atoms with Crippen molar-refractivity contribution >= 4 is 36.8 Å². The first kappa shape index (κ1) is 25.7. The summed E-state index contributed by atoms with van der Waals surface area (Å²) in [6, 6.07) is 11.5. The second kappa shape index (κ2) is 12.5. The van der Waals surface area contributed by atoms with E-state index in [4.69, 9.17) is 20.1 Å². The number of aromatic nitrogens is 1. The summed E-state index contributed by atoms with van der Waals surface area (Å²) in [5.41, 5.74) is 7.62. The van der Waals surface area contributed by atoms with Crippen LogP contribution in [0, 0.1) is 6.92 Å². The lowest BCUT2D eigenvalue weighted by atomic mass is 10.2. The number of aliphatic hydroxyl groups is 1. The van der Waals surface area contributed by atoms with Gasteiger partial charge in [-0.15, -0.1) is 0 Å². The van der Waals surface area contributed by atoms with E-state index in [9.17, 15) is 12.8 Å². The molecule has 0 aliphatic carbocycles. The molecule has 3 rings (SSSR count). The number of ether oxygens (including phenoxy) is 1. The minimum absolute atomic E-state index is 0.0666. The van der Waals surface area contributed by atoms with Gasteiger partial charge in [0.05, 0.1) is 21.4 Å². The van der Waals surface area contributed by atoms with Crippen LogP contribution in [0.5, 0.6) is 5.75 Å². The van der Waals surface area contributed by atoms with Crippen molar-refractivity contribution < 1.29 is 27.2 Å². The average Bonchev–Trinajstić information content (AvgIpc) is 3.17. The Morgan fingerprint density at radius 2 is 2.00 bits per heavy atom. The van der Waals surface area contributed by atoms with Gasteiger partial charge in [0, 0.05) is 25.3 Å². The number of nitrogens with zero attached hydrogens (tertiary/aromatic N) is 1. The number of anilines is 1. The van der Waals surface area contributed by atoms with Crippen LogP contribution in [-0.4, -0.2) is 49.4 Å². The fourth-order valence-corrected chi connectivity index (χ4v) is 3.77. The molecule has 0 amide bonds. The van der Waals surface area contributed by atoms with E-state index >= 15 is 0 Å². The van der Waals surface area contributed by atoms with Gasteiger partial charge in [-0.1, -0.05) is 29.0 Å². The zero-order valence-corrected chi connectivity index (χ0v) is 19.1. The summed E-state index contributed by atoms with van der Waals surface area (Å²) in [5, 5.41) is 12.7. The van der Waals surface area contributed by atoms with E-state index in [1.807, 2.05) is 19.1 Å². The van der Waals surface area contributed by atoms with Gasteiger partial charge < -0.3 is 20.9 Å². The van der Waals surface area contributed by atoms with Crippen molar-refractivity contribution in [1.29, 1.82) is 0 Å². The molecule has 3 aromatic rings. The Kier molecular flexibility index (Phi) is 10.0. The Morgan fingerprint density at radius 3 is 2.59 bits per heavy atom. The monoisotopic (exact) mass is 483 g/mol.